The van der Waals surface area contributed by atoms with Gasteiger partial charge in [0.15, 0.2) is 5.96 Å². The van der Waals surface area contributed by atoms with Crippen molar-refractivity contribution in [2.45, 2.75) is 70.4 Å². The van der Waals surface area contributed by atoms with Gasteiger partial charge in [0.05, 0.1) is 6.54 Å². The molecule has 1 amide bonds. The third kappa shape index (κ3) is 5.21. The largest absolute Gasteiger partial charge is 0.370 e. The highest BCUT2D eigenvalue weighted by Crippen LogP contribution is 2.21. The lowest BCUT2D eigenvalue weighted by Gasteiger charge is -2.26. The zero-order chi connectivity index (χ0) is 17.5. The van der Waals surface area contributed by atoms with E-state index in [1.807, 2.05) is 29.2 Å². The van der Waals surface area contributed by atoms with Gasteiger partial charge in [-0.3, -0.25) is 4.79 Å². The number of aliphatic imine (C=N–C) groups is 1. The minimum absolute atomic E-state index is 0.230. The Kier molecular flexibility index (Phi) is 6.31. The van der Waals surface area contributed by atoms with Gasteiger partial charge in [-0.1, -0.05) is 37.8 Å². The van der Waals surface area contributed by atoms with Gasteiger partial charge in [-0.25, -0.2) is 4.99 Å². The normalized spacial score (nSPS) is 20.4. The van der Waals surface area contributed by atoms with E-state index >= 15 is 0 Å². The lowest BCUT2D eigenvalue weighted by Crippen LogP contribution is -2.39. The molecule has 0 bridgehead atoms. The maximum absolute atomic E-state index is 12.0. The van der Waals surface area contributed by atoms with Gasteiger partial charge >= 0.3 is 0 Å². The molecule has 2 aliphatic rings. The van der Waals surface area contributed by atoms with Crippen molar-refractivity contribution in [3.63, 3.8) is 0 Å². The first-order valence-corrected chi connectivity index (χ1v) is 9.68. The van der Waals surface area contributed by atoms with Crippen molar-refractivity contribution in [3.05, 3.63) is 29.8 Å². The van der Waals surface area contributed by atoms with Gasteiger partial charge in [0.25, 0.3) is 0 Å². The minimum Gasteiger partial charge on any atom is -0.370 e. The number of piperidine rings is 1. The number of hydrogen-bond donors (Lipinski definition) is 2. The molecule has 1 saturated heterocycles. The molecule has 25 heavy (non-hydrogen) atoms. The number of rotatable bonds is 4. The highest BCUT2D eigenvalue weighted by molar-refractivity contribution is 5.93. The molecule has 0 radical (unpaired) electrons. The Hall–Kier alpha value is -2.04. The SMILES string of the molecule is NC(=NCc1ccc(N2CCCCC2=O)cc1)NC1CCCCCC1. The number of carbonyl (C=O) groups is 1. The van der Waals surface area contributed by atoms with Gasteiger partial charge < -0.3 is 16.0 Å². The number of nitrogens with two attached hydrogens (primary N) is 1. The summed E-state index contributed by atoms with van der Waals surface area (Å²) in [5, 5.41) is 3.37. The van der Waals surface area contributed by atoms with E-state index in [1.54, 1.807) is 0 Å². The predicted molar refractivity (Wildman–Crippen MR) is 103 cm³/mol. The van der Waals surface area contributed by atoms with Crippen LogP contribution in [0.15, 0.2) is 29.3 Å². The van der Waals surface area contributed by atoms with Crippen LogP contribution in [0, 0.1) is 0 Å². The Bertz CT molecular complexity index is 588. The fraction of sp³-hybridized carbons (Fsp3) is 0.600. The van der Waals surface area contributed by atoms with Crippen LogP contribution in [0.3, 0.4) is 0 Å². The fourth-order valence-electron chi connectivity index (χ4n) is 3.72. The topological polar surface area (TPSA) is 70.7 Å². The summed E-state index contributed by atoms with van der Waals surface area (Å²) >= 11 is 0. The van der Waals surface area contributed by atoms with Crippen LogP contribution < -0.4 is 16.0 Å². The number of amides is 1. The van der Waals surface area contributed by atoms with E-state index in [-0.39, 0.29) is 5.91 Å². The van der Waals surface area contributed by atoms with Gasteiger partial charge in [-0.05, 0) is 43.4 Å². The maximum Gasteiger partial charge on any atom is 0.226 e. The zero-order valence-electron chi connectivity index (χ0n) is 15.0. The van der Waals surface area contributed by atoms with Gasteiger partial charge in [0, 0.05) is 24.7 Å². The summed E-state index contributed by atoms with van der Waals surface area (Å²) in [6.07, 6.45) is 10.4. The molecule has 0 unspecified atom stereocenters. The van der Waals surface area contributed by atoms with Crippen molar-refractivity contribution < 1.29 is 4.79 Å². The number of anilines is 1. The third-order valence-electron chi connectivity index (χ3n) is 5.21. The lowest BCUT2D eigenvalue weighted by atomic mass is 10.1. The number of hydrogen-bond acceptors (Lipinski definition) is 2. The Morgan fingerprint density at radius 1 is 1.08 bits per heavy atom. The molecule has 136 valence electrons. The van der Waals surface area contributed by atoms with E-state index in [9.17, 15) is 4.79 Å². The number of benzene rings is 1. The second-order valence-electron chi connectivity index (χ2n) is 7.20. The second kappa shape index (κ2) is 8.88. The van der Waals surface area contributed by atoms with Crippen LogP contribution in [0.4, 0.5) is 5.69 Å². The standard InChI is InChI=1S/C20H30N4O/c21-20(23-17-7-3-1-2-4-8-17)22-15-16-10-12-18(13-11-16)24-14-6-5-9-19(24)25/h10-13,17H,1-9,14-15H2,(H3,21,22,23). The van der Waals surface area contributed by atoms with Crippen LogP contribution in [0.5, 0.6) is 0 Å². The molecule has 1 aliphatic carbocycles. The Morgan fingerprint density at radius 2 is 1.80 bits per heavy atom. The quantitative estimate of drug-likeness (QED) is 0.501. The number of nitrogens with zero attached hydrogens (tertiary/aromatic N) is 2. The van der Waals surface area contributed by atoms with Crippen LogP contribution in [-0.4, -0.2) is 24.5 Å². The van der Waals surface area contributed by atoms with E-state index in [4.69, 9.17) is 5.73 Å². The molecule has 5 nitrogen and oxygen atoms in total. The smallest absolute Gasteiger partial charge is 0.226 e. The van der Waals surface area contributed by atoms with E-state index in [2.05, 4.69) is 10.3 Å². The van der Waals surface area contributed by atoms with E-state index in [0.717, 1.165) is 30.6 Å². The van der Waals surface area contributed by atoms with E-state index in [0.29, 0.717) is 25.0 Å². The van der Waals surface area contributed by atoms with Gasteiger partial charge in [0.2, 0.25) is 5.91 Å². The molecular formula is C20H30N4O. The van der Waals surface area contributed by atoms with Crippen molar-refractivity contribution in [3.8, 4) is 0 Å². The molecule has 1 heterocycles. The van der Waals surface area contributed by atoms with Gasteiger partial charge in [0.1, 0.15) is 0 Å². The molecule has 5 heteroatoms. The van der Waals surface area contributed by atoms with Crippen LogP contribution in [0.25, 0.3) is 0 Å². The lowest BCUT2D eigenvalue weighted by molar-refractivity contribution is -0.119. The summed E-state index contributed by atoms with van der Waals surface area (Å²) in [5.74, 6) is 0.774. The number of carbonyl (C=O) groups excluding carboxylic acids is 1. The summed E-state index contributed by atoms with van der Waals surface area (Å²) < 4.78 is 0. The molecule has 1 saturated carbocycles. The zero-order valence-corrected chi connectivity index (χ0v) is 15.0. The average Bonchev–Trinajstić information content (AvgIpc) is 2.90. The molecule has 2 fully saturated rings. The first kappa shape index (κ1) is 17.8. The Labute approximate surface area is 150 Å². The maximum atomic E-state index is 12.0. The number of nitrogens with one attached hydrogen (secondary N) is 1. The molecule has 1 aromatic rings. The molecule has 1 aliphatic heterocycles. The van der Waals surface area contributed by atoms with E-state index < -0.39 is 0 Å². The molecule has 0 aromatic heterocycles. The first-order chi connectivity index (χ1) is 12.2. The van der Waals surface area contributed by atoms with E-state index in [1.165, 1.54) is 38.5 Å². The molecule has 0 atom stereocenters. The first-order valence-electron chi connectivity index (χ1n) is 9.68. The van der Waals surface area contributed by atoms with Crippen molar-refractivity contribution in [1.82, 2.24) is 5.32 Å². The molecule has 3 rings (SSSR count). The van der Waals surface area contributed by atoms with Crippen molar-refractivity contribution in [1.29, 1.82) is 0 Å². The van der Waals surface area contributed by atoms with Crippen LogP contribution in [0.1, 0.15) is 63.4 Å². The predicted octanol–water partition coefficient (Wildman–Crippen LogP) is 3.33. The van der Waals surface area contributed by atoms with Gasteiger partial charge in [-0.2, -0.15) is 0 Å². The highest BCUT2D eigenvalue weighted by atomic mass is 16.2. The van der Waals surface area contributed by atoms with Gasteiger partial charge in [-0.15, -0.1) is 0 Å². The second-order valence-corrected chi connectivity index (χ2v) is 7.20. The fourth-order valence-corrected chi connectivity index (χ4v) is 3.72. The molecule has 0 spiro atoms. The summed E-state index contributed by atoms with van der Waals surface area (Å²) in [5.41, 5.74) is 8.15. The van der Waals surface area contributed by atoms with Crippen molar-refractivity contribution >= 4 is 17.6 Å². The molecular weight excluding hydrogens is 312 g/mol. The van der Waals surface area contributed by atoms with Crippen molar-refractivity contribution in [2.75, 3.05) is 11.4 Å². The summed E-state index contributed by atoms with van der Waals surface area (Å²) in [6.45, 7) is 1.40. The molecule has 1 aromatic carbocycles. The summed E-state index contributed by atoms with van der Waals surface area (Å²) in [6, 6.07) is 8.59. The number of guanidine groups is 1. The minimum atomic E-state index is 0.230. The Morgan fingerprint density at radius 3 is 2.48 bits per heavy atom. The van der Waals surface area contributed by atoms with Crippen molar-refractivity contribution in [2.24, 2.45) is 10.7 Å². The van der Waals surface area contributed by atoms with Crippen LogP contribution in [-0.2, 0) is 11.3 Å². The average molecular weight is 342 g/mol. The third-order valence-corrected chi connectivity index (χ3v) is 5.21. The van der Waals surface area contributed by atoms with Crippen LogP contribution >= 0.6 is 0 Å². The highest BCUT2D eigenvalue weighted by Gasteiger charge is 2.19. The summed E-state index contributed by atoms with van der Waals surface area (Å²) in [7, 11) is 0. The van der Waals surface area contributed by atoms with Crippen LogP contribution in [0.2, 0.25) is 0 Å². The summed E-state index contributed by atoms with van der Waals surface area (Å²) in [4.78, 5) is 18.4. The Balaban J connectivity index is 1.52. The monoisotopic (exact) mass is 342 g/mol. The molecule has 3 N–H and O–H groups in total.